The van der Waals surface area contributed by atoms with E-state index in [-0.39, 0.29) is 16.6 Å². The van der Waals surface area contributed by atoms with Gasteiger partial charge in [0.25, 0.3) is 0 Å². The largest absolute Gasteiger partial charge is 0.396 e. The van der Waals surface area contributed by atoms with Crippen molar-refractivity contribution >= 4 is 21.2 Å². The maximum atomic E-state index is 11.8. The molecular formula is C14H23N3O3S. The van der Waals surface area contributed by atoms with Gasteiger partial charge in [0.2, 0.25) is 0 Å². The number of nitrogens with two attached hydrogens (primary N) is 1. The van der Waals surface area contributed by atoms with Crippen LogP contribution in [0.3, 0.4) is 0 Å². The summed E-state index contributed by atoms with van der Waals surface area (Å²) in [7, 11) is 0.579. The molecule has 2 rings (SSSR count). The highest BCUT2D eigenvalue weighted by molar-refractivity contribution is 7.90. The molecule has 1 aliphatic rings. The lowest BCUT2D eigenvalue weighted by molar-refractivity contribution is 0.191. The van der Waals surface area contributed by atoms with Crippen LogP contribution in [0.1, 0.15) is 6.42 Å². The second-order valence-corrected chi connectivity index (χ2v) is 7.90. The Hall–Kier alpha value is -1.31. The van der Waals surface area contributed by atoms with Gasteiger partial charge < -0.3 is 20.6 Å². The van der Waals surface area contributed by atoms with Crippen LogP contribution in [-0.4, -0.2) is 64.0 Å². The van der Waals surface area contributed by atoms with E-state index in [1.807, 2.05) is 30.0 Å². The molecule has 2 atom stereocenters. The van der Waals surface area contributed by atoms with Crippen molar-refractivity contribution in [2.45, 2.75) is 23.5 Å². The van der Waals surface area contributed by atoms with E-state index in [1.54, 1.807) is 6.07 Å². The molecular weight excluding hydrogens is 290 g/mol. The number of rotatable bonds is 4. The minimum absolute atomic E-state index is 0.118. The van der Waals surface area contributed by atoms with Crippen molar-refractivity contribution < 1.29 is 13.5 Å². The maximum absolute atomic E-state index is 11.8. The summed E-state index contributed by atoms with van der Waals surface area (Å²) < 4.78 is 23.6. The number of sulfone groups is 1. The molecule has 21 heavy (non-hydrogen) atoms. The molecule has 1 aliphatic heterocycles. The Labute approximate surface area is 126 Å². The third-order valence-electron chi connectivity index (χ3n) is 3.72. The van der Waals surface area contributed by atoms with Crippen LogP contribution in [0.5, 0.6) is 0 Å². The SMILES string of the molecule is CN(C)CC1CC(O)CN1c1cccc(S(C)(=O)=O)c1N. The molecule has 2 unspecified atom stereocenters. The summed E-state index contributed by atoms with van der Waals surface area (Å²) in [6.07, 6.45) is 1.38. The van der Waals surface area contributed by atoms with Crippen LogP contribution in [0.25, 0.3) is 0 Å². The second-order valence-electron chi connectivity index (χ2n) is 5.92. The Morgan fingerprint density at radius 1 is 1.43 bits per heavy atom. The first-order chi connectivity index (χ1) is 9.70. The van der Waals surface area contributed by atoms with E-state index in [2.05, 4.69) is 0 Å². The zero-order valence-electron chi connectivity index (χ0n) is 12.7. The first-order valence-corrected chi connectivity index (χ1v) is 8.77. The number of hydrogen-bond donors (Lipinski definition) is 2. The fourth-order valence-electron chi connectivity index (χ4n) is 2.89. The quantitative estimate of drug-likeness (QED) is 0.771. The molecule has 3 N–H and O–H groups in total. The summed E-state index contributed by atoms with van der Waals surface area (Å²) in [6.45, 7) is 1.25. The van der Waals surface area contributed by atoms with Gasteiger partial charge in [-0.3, -0.25) is 0 Å². The van der Waals surface area contributed by atoms with E-state index >= 15 is 0 Å². The van der Waals surface area contributed by atoms with Crippen molar-refractivity contribution in [2.24, 2.45) is 0 Å². The normalized spacial score (nSPS) is 23.0. The van der Waals surface area contributed by atoms with Crippen LogP contribution in [0, 0.1) is 0 Å². The molecule has 118 valence electrons. The van der Waals surface area contributed by atoms with Gasteiger partial charge in [0.15, 0.2) is 9.84 Å². The van der Waals surface area contributed by atoms with Crippen LogP contribution in [0.4, 0.5) is 11.4 Å². The molecule has 0 aromatic heterocycles. The number of benzene rings is 1. The van der Waals surface area contributed by atoms with Gasteiger partial charge >= 0.3 is 0 Å². The van der Waals surface area contributed by atoms with E-state index < -0.39 is 15.9 Å². The average molecular weight is 313 g/mol. The summed E-state index contributed by atoms with van der Waals surface area (Å²) in [5.41, 5.74) is 7.02. The molecule has 1 fully saturated rings. The van der Waals surface area contributed by atoms with Crippen LogP contribution in [0.2, 0.25) is 0 Å². The Kier molecular flexibility index (Phi) is 4.46. The molecule has 0 spiro atoms. The standard InChI is InChI=1S/C14H23N3O3S/c1-16(2)8-10-7-11(18)9-17(10)12-5-4-6-13(14(12)15)21(3,19)20/h4-6,10-11,18H,7-9,15H2,1-3H3. The lowest BCUT2D eigenvalue weighted by Crippen LogP contribution is -2.38. The molecule has 0 saturated carbocycles. The van der Waals surface area contributed by atoms with E-state index in [4.69, 9.17) is 5.73 Å². The first-order valence-electron chi connectivity index (χ1n) is 6.88. The number of anilines is 2. The summed E-state index contributed by atoms with van der Waals surface area (Å²) in [5.74, 6) is 0. The number of hydrogen-bond acceptors (Lipinski definition) is 6. The lowest BCUT2D eigenvalue weighted by atomic mass is 10.1. The van der Waals surface area contributed by atoms with Crippen molar-refractivity contribution in [3.63, 3.8) is 0 Å². The predicted octanol–water partition coefficient (Wildman–Crippen LogP) is 0.174. The Balaban J connectivity index is 2.41. The summed E-state index contributed by atoms with van der Waals surface area (Å²) in [6, 6.07) is 5.14. The van der Waals surface area contributed by atoms with Gasteiger partial charge in [-0.25, -0.2) is 8.42 Å². The fraction of sp³-hybridized carbons (Fsp3) is 0.571. The fourth-order valence-corrected chi connectivity index (χ4v) is 3.72. The average Bonchev–Trinajstić information content (AvgIpc) is 2.68. The van der Waals surface area contributed by atoms with Crippen molar-refractivity contribution in [2.75, 3.05) is 44.1 Å². The molecule has 6 nitrogen and oxygen atoms in total. The summed E-state index contributed by atoms with van der Waals surface area (Å²) in [5, 5.41) is 9.95. The number of β-amino-alcohol motifs (C(OH)–C–C–N with tert-alkyl or cyclic N) is 1. The Morgan fingerprint density at radius 2 is 2.10 bits per heavy atom. The zero-order chi connectivity index (χ0) is 15.8. The highest BCUT2D eigenvalue weighted by Crippen LogP contribution is 2.34. The van der Waals surface area contributed by atoms with Crippen LogP contribution < -0.4 is 10.6 Å². The molecule has 1 heterocycles. The topological polar surface area (TPSA) is 86.9 Å². The maximum Gasteiger partial charge on any atom is 0.177 e. The van der Waals surface area contributed by atoms with Gasteiger partial charge in [0, 0.05) is 25.4 Å². The smallest absolute Gasteiger partial charge is 0.177 e. The number of aliphatic hydroxyl groups excluding tert-OH is 1. The second kappa shape index (κ2) is 5.82. The number of nitrogens with zero attached hydrogens (tertiary/aromatic N) is 2. The lowest BCUT2D eigenvalue weighted by Gasteiger charge is -2.30. The van der Waals surface area contributed by atoms with Crippen molar-refractivity contribution in [1.29, 1.82) is 0 Å². The van der Waals surface area contributed by atoms with E-state index in [1.165, 1.54) is 6.07 Å². The van der Waals surface area contributed by atoms with Crippen molar-refractivity contribution in [3.8, 4) is 0 Å². The van der Waals surface area contributed by atoms with Gasteiger partial charge in [0.05, 0.1) is 22.4 Å². The van der Waals surface area contributed by atoms with Gasteiger partial charge in [-0.1, -0.05) is 6.07 Å². The molecule has 1 aromatic rings. The molecule has 0 bridgehead atoms. The summed E-state index contributed by atoms with van der Waals surface area (Å²) in [4.78, 5) is 4.20. The highest BCUT2D eigenvalue weighted by atomic mass is 32.2. The van der Waals surface area contributed by atoms with Crippen molar-refractivity contribution in [1.82, 2.24) is 4.90 Å². The molecule has 7 heteroatoms. The minimum Gasteiger partial charge on any atom is -0.396 e. The van der Waals surface area contributed by atoms with Gasteiger partial charge in [-0.05, 0) is 32.6 Å². The van der Waals surface area contributed by atoms with Crippen LogP contribution >= 0.6 is 0 Å². The van der Waals surface area contributed by atoms with Gasteiger partial charge in [-0.2, -0.15) is 0 Å². The molecule has 0 radical (unpaired) electrons. The predicted molar refractivity (Wildman–Crippen MR) is 84.3 cm³/mol. The van der Waals surface area contributed by atoms with E-state index in [0.29, 0.717) is 18.7 Å². The third kappa shape index (κ3) is 3.48. The molecule has 0 aliphatic carbocycles. The van der Waals surface area contributed by atoms with Crippen molar-refractivity contribution in [3.05, 3.63) is 18.2 Å². The van der Waals surface area contributed by atoms with E-state index in [0.717, 1.165) is 12.8 Å². The van der Waals surface area contributed by atoms with Gasteiger partial charge in [0.1, 0.15) is 0 Å². The van der Waals surface area contributed by atoms with Crippen LogP contribution in [0.15, 0.2) is 23.1 Å². The Morgan fingerprint density at radius 3 is 2.67 bits per heavy atom. The third-order valence-corrected chi connectivity index (χ3v) is 4.88. The monoisotopic (exact) mass is 313 g/mol. The molecule has 1 aromatic carbocycles. The number of aliphatic hydroxyl groups is 1. The highest BCUT2D eigenvalue weighted by Gasteiger charge is 2.33. The number of para-hydroxylation sites is 1. The minimum atomic E-state index is -3.36. The first kappa shape index (κ1) is 16.1. The summed E-state index contributed by atoms with van der Waals surface area (Å²) >= 11 is 0. The molecule has 1 saturated heterocycles. The zero-order valence-corrected chi connectivity index (χ0v) is 13.5. The van der Waals surface area contributed by atoms with Gasteiger partial charge in [-0.15, -0.1) is 0 Å². The number of nitrogen functional groups attached to an aromatic ring is 1. The number of likely N-dealkylation sites (N-methyl/N-ethyl adjacent to an activating group) is 1. The Bertz CT molecular complexity index is 616. The molecule has 0 amide bonds. The van der Waals surface area contributed by atoms with E-state index in [9.17, 15) is 13.5 Å². The van der Waals surface area contributed by atoms with Crippen LogP contribution in [-0.2, 0) is 9.84 Å².